The number of rotatable bonds is 4. The van der Waals surface area contributed by atoms with Gasteiger partial charge in [0.15, 0.2) is 0 Å². The molecule has 0 aliphatic heterocycles. The van der Waals surface area contributed by atoms with Gasteiger partial charge in [0.2, 0.25) is 0 Å². The Balaban J connectivity index is 2.29. The van der Waals surface area contributed by atoms with Gasteiger partial charge in [-0.05, 0) is 42.5 Å². The first-order chi connectivity index (χ1) is 10.0. The minimum atomic E-state index is -0.638. The van der Waals surface area contributed by atoms with Crippen molar-refractivity contribution < 1.29 is 14.3 Å². The normalized spacial score (nSPS) is 28.8. The van der Waals surface area contributed by atoms with E-state index in [-0.39, 0.29) is 11.9 Å². The summed E-state index contributed by atoms with van der Waals surface area (Å²) in [5.41, 5.74) is 0.281. The van der Waals surface area contributed by atoms with Crippen molar-refractivity contribution in [3.05, 3.63) is 24.3 Å². The summed E-state index contributed by atoms with van der Waals surface area (Å²) < 4.78 is 10.3. The van der Waals surface area contributed by atoms with Crippen LogP contribution in [0.15, 0.2) is 24.3 Å². The fourth-order valence-corrected chi connectivity index (χ4v) is 3.30. The first-order valence-electron chi connectivity index (χ1n) is 7.54. The maximum atomic E-state index is 12.5. The lowest BCUT2D eigenvalue weighted by molar-refractivity contribution is -0.150. The van der Waals surface area contributed by atoms with E-state index in [2.05, 4.69) is 19.2 Å². The predicted octanol–water partition coefficient (Wildman–Crippen LogP) is 3.48. The summed E-state index contributed by atoms with van der Waals surface area (Å²) in [6.07, 6.45) is 2.99. The van der Waals surface area contributed by atoms with Gasteiger partial charge in [0.25, 0.3) is 0 Å². The van der Waals surface area contributed by atoms with Crippen molar-refractivity contribution in [2.75, 3.05) is 19.5 Å². The lowest BCUT2D eigenvalue weighted by Gasteiger charge is -2.44. The Bertz CT molecular complexity index is 485. The van der Waals surface area contributed by atoms with E-state index in [9.17, 15) is 4.79 Å². The van der Waals surface area contributed by atoms with Crippen LogP contribution in [0.3, 0.4) is 0 Å². The number of nitrogens with one attached hydrogen (secondary N) is 1. The molecule has 1 aliphatic rings. The molecule has 1 fully saturated rings. The predicted molar refractivity (Wildman–Crippen MR) is 83.5 cm³/mol. The summed E-state index contributed by atoms with van der Waals surface area (Å²) in [7, 11) is 3.11. The van der Waals surface area contributed by atoms with Crippen LogP contribution < -0.4 is 10.1 Å². The number of methoxy groups -OCH3 is 2. The molecule has 0 heterocycles. The van der Waals surface area contributed by atoms with Crippen LogP contribution in [0.4, 0.5) is 5.69 Å². The molecule has 3 atom stereocenters. The molecule has 1 aliphatic carbocycles. The highest BCUT2D eigenvalue weighted by Crippen LogP contribution is 2.41. The molecule has 0 bridgehead atoms. The molecular weight excluding hydrogens is 266 g/mol. The Hall–Kier alpha value is -1.71. The largest absolute Gasteiger partial charge is 0.497 e. The molecule has 1 aromatic rings. The smallest absolute Gasteiger partial charge is 0.331 e. The van der Waals surface area contributed by atoms with Crippen molar-refractivity contribution in [2.45, 2.75) is 38.6 Å². The lowest BCUT2D eigenvalue weighted by atomic mass is 9.68. The molecule has 0 amide bonds. The summed E-state index contributed by atoms with van der Waals surface area (Å²) in [6, 6.07) is 7.67. The van der Waals surface area contributed by atoms with Gasteiger partial charge in [-0.3, -0.25) is 0 Å². The molecule has 0 aromatic heterocycles. The van der Waals surface area contributed by atoms with Gasteiger partial charge >= 0.3 is 5.97 Å². The Kier molecular flexibility index (Phi) is 4.76. The zero-order valence-corrected chi connectivity index (χ0v) is 13.3. The number of benzene rings is 1. The van der Waals surface area contributed by atoms with Crippen LogP contribution in [-0.2, 0) is 9.53 Å². The van der Waals surface area contributed by atoms with Gasteiger partial charge in [-0.15, -0.1) is 0 Å². The minimum absolute atomic E-state index is 0.169. The Morgan fingerprint density at radius 3 is 2.48 bits per heavy atom. The zero-order chi connectivity index (χ0) is 15.5. The van der Waals surface area contributed by atoms with Crippen LogP contribution in [0.1, 0.15) is 33.1 Å². The first kappa shape index (κ1) is 15.7. The van der Waals surface area contributed by atoms with Gasteiger partial charge in [0.05, 0.1) is 14.2 Å². The molecular formula is C17H25NO3. The Labute approximate surface area is 126 Å². The van der Waals surface area contributed by atoms with Crippen molar-refractivity contribution >= 4 is 11.7 Å². The average molecular weight is 291 g/mol. The minimum Gasteiger partial charge on any atom is -0.497 e. The molecule has 0 saturated heterocycles. The highest BCUT2D eigenvalue weighted by Gasteiger charge is 2.48. The third-order valence-electron chi connectivity index (χ3n) is 4.87. The monoisotopic (exact) mass is 291 g/mol. The van der Waals surface area contributed by atoms with E-state index in [4.69, 9.17) is 9.47 Å². The van der Waals surface area contributed by atoms with Crippen LogP contribution in [-0.4, -0.2) is 25.7 Å². The number of ether oxygens (including phenoxy) is 2. The molecule has 2 rings (SSSR count). The topological polar surface area (TPSA) is 47.6 Å². The lowest BCUT2D eigenvalue weighted by Crippen LogP contribution is -2.56. The molecule has 1 aromatic carbocycles. The van der Waals surface area contributed by atoms with Crippen molar-refractivity contribution in [3.63, 3.8) is 0 Å². The number of carbonyl (C=O) groups excluding carboxylic acids is 1. The van der Waals surface area contributed by atoms with Gasteiger partial charge in [0.1, 0.15) is 11.3 Å². The summed E-state index contributed by atoms with van der Waals surface area (Å²) in [6.45, 7) is 4.34. The van der Waals surface area contributed by atoms with Gasteiger partial charge in [0, 0.05) is 5.69 Å². The summed E-state index contributed by atoms with van der Waals surface area (Å²) in [4.78, 5) is 12.5. The molecule has 116 valence electrons. The number of carbonyl (C=O) groups is 1. The third kappa shape index (κ3) is 2.99. The number of esters is 1. The second kappa shape index (κ2) is 6.37. The van der Waals surface area contributed by atoms with Crippen LogP contribution in [0.25, 0.3) is 0 Å². The maximum Gasteiger partial charge on any atom is 0.331 e. The Morgan fingerprint density at radius 1 is 1.24 bits per heavy atom. The first-order valence-corrected chi connectivity index (χ1v) is 7.54. The van der Waals surface area contributed by atoms with Crippen molar-refractivity contribution in [2.24, 2.45) is 11.8 Å². The van der Waals surface area contributed by atoms with Gasteiger partial charge < -0.3 is 14.8 Å². The quantitative estimate of drug-likeness (QED) is 0.863. The molecule has 3 unspecified atom stereocenters. The standard InChI is InChI=1S/C17H25NO3/c1-12-6-5-11-17(13(12)2,16(19)21-4)18-14-7-9-15(20-3)10-8-14/h7-10,12-13,18H,5-6,11H2,1-4H3. The highest BCUT2D eigenvalue weighted by atomic mass is 16.5. The summed E-state index contributed by atoms with van der Waals surface area (Å²) >= 11 is 0. The number of hydrogen-bond acceptors (Lipinski definition) is 4. The fourth-order valence-electron chi connectivity index (χ4n) is 3.30. The highest BCUT2D eigenvalue weighted by molar-refractivity contribution is 5.85. The zero-order valence-electron chi connectivity index (χ0n) is 13.3. The van der Waals surface area contributed by atoms with Crippen LogP contribution >= 0.6 is 0 Å². The van der Waals surface area contributed by atoms with E-state index >= 15 is 0 Å². The van der Waals surface area contributed by atoms with E-state index < -0.39 is 5.54 Å². The maximum absolute atomic E-state index is 12.5. The summed E-state index contributed by atoms with van der Waals surface area (Å²) in [5, 5.41) is 3.45. The third-order valence-corrected chi connectivity index (χ3v) is 4.87. The van der Waals surface area contributed by atoms with Gasteiger partial charge in [-0.25, -0.2) is 4.79 Å². The fraction of sp³-hybridized carbons (Fsp3) is 0.588. The molecule has 0 spiro atoms. The van der Waals surface area contributed by atoms with Crippen molar-refractivity contribution in [3.8, 4) is 5.75 Å². The average Bonchev–Trinajstić information content (AvgIpc) is 2.51. The van der Waals surface area contributed by atoms with Crippen LogP contribution in [0.2, 0.25) is 0 Å². The Morgan fingerprint density at radius 2 is 1.90 bits per heavy atom. The van der Waals surface area contributed by atoms with E-state index in [1.807, 2.05) is 24.3 Å². The summed E-state index contributed by atoms with van der Waals surface area (Å²) in [5.74, 6) is 1.35. The molecule has 0 radical (unpaired) electrons. The second-order valence-corrected chi connectivity index (χ2v) is 5.97. The molecule has 4 nitrogen and oxygen atoms in total. The molecule has 1 saturated carbocycles. The van der Waals surface area contributed by atoms with Crippen molar-refractivity contribution in [1.82, 2.24) is 0 Å². The van der Waals surface area contributed by atoms with E-state index in [1.165, 1.54) is 7.11 Å². The molecule has 4 heteroatoms. The van der Waals surface area contributed by atoms with Gasteiger partial charge in [-0.1, -0.05) is 26.7 Å². The molecule has 21 heavy (non-hydrogen) atoms. The number of hydrogen-bond donors (Lipinski definition) is 1. The second-order valence-electron chi connectivity index (χ2n) is 5.97. The van der Waals surface area contributed by atoms with Crippen LogP contribution in [0.5, 0.6) is 5.75 Å². The van der Waals surface area contributed by atoms with E-state index in [0.717, 1.165) is 30.7 Å². The van der Waals surface area contributed by atoms with E-state index in [0.29, 0.717) is 5.92 Å². The van der Waals surface area contributed by atoms with Crippen molar-refractivity contribution in [1.29, 1.82) is 0 Å². The molecule has 1 N–H and O–H groups in total. The van der Waals surface area contributed by atoms with Gasteiger partial charge in [-0.2, -0.15) is 0 Å². The van der Waals surface area contributed by atoms with E-state index in [1.54, 1.807) is 7.11 Å². The van der Waals surface area contributed by atoms with Crippen LogP contribution in [0, 0.1) is 11.8 Å². The number of anilines is 1. The SMILES string of the molecule is COC(=O)C1(Nc2ccc(OC)cc2)CCCC(C)C1C.